The molecule has 2 heteroatoms. The Morgan fingerprint density at radius 1 is 1.22 bits per heavy atom. The van der Waals surface area contributed by atoms with Crippen LogP contribution in [0.25, 0.3) is 0 Å². The third-order valence-electron chi connectivity index (χ3n) is 4.56. The molecule has 0 amide bonds. The maximum absolute atomic E-state index is 6.13. The number of benzene rings is 1. The summed E-state index contributed by atoms with van der Waals surface area (Å²) < 4.78 is 0. The number of aryl methyl sites for hydroxylation is 2. The fourth-order valence-electron chi connectivity index (χ4n) is 3.27. The predicted octanol–water partition coefficient (Wildman–Crippen LogP) is 3.26. The molecule has 0 bridgehead atoms. The Hall–Kier alpha value is -1.02. The third kappa shape index (κ3) is 2.26. The van der Waals surface area contributed by atoms with E-state index in [4.69, 9.17) is 5.73 Å². The van der Waals surface area contributed by atoms with Gasteiger partial charge >= 0.3 is 0 Å². The molecule has 100 valence electrons. The number of likely N-dealkylation sites (N-methyl/N-ethyl adjacent to an activating group) is 1. The minimum atomic E-state index is 0.153. The highest BCUT2D eigenvalue weighted by atomic mass is 15.2. The highest BCUT2D eigenvalue weighted by Crippen LogP contribution is 2.45. The first kappa shape index (κ1) is 13.4. The minimum Gasteiger partial charge on any atom is -0.367 e. The maximum Gasteiger partial charge on any atom is 0.0546 e. The van der Waals surface area contributed by atoms with E-state index in [2.05, 4.69) is 50.9 Å². The van der Waals surface area contributed by atoms with Gasteiger partial charge in [0.15, 0.2) is 0 Å². The average Bonchev–Trinajstić information content (AvgIpc) is 3.14. The van der Waals surface area contributed by atoms with Crippen molar-refractivity contribution in [3.05, 3.63) is 29.3 Å². The molecule has 1 unspecified atom stereocenters. The van der Waals surface area contributed by atoms with E-state index in [0.29, 0.717) is 0 Å². The smallest absolute Gasteiger partial charge is 0.0546 e. The lowest BCUT2D eigenvalue weighted by Gasteiger charge is -2.43. The Kier molecular flexibility index (Phi) is 3.67. The highest BCUT2D eigenvalue weighted by Gasteiger charge is 2.45. The average molecular weight is 246 g/mol. The molecule has 1 aliphatic rings. The molecular weight excluding hydrogens is 220 g/mol. The highest BCUT2D eigenvalue weighted by molar-refractivity contribution is 5.53. The van der Waals surface area contributed by atoms with Crippen LogP contribution >= 0.6 is 0 Å². The largest absolute Gasteiger partial charge is 0.367 e. The summed E-state index contributed by atoms with van der Waals surface area (Å²) >= 11 is 0. The Labute approximate surface area is 111 Å². The quantitative estimate of drug-likeness (QED) is 0.864. The Balaban J connectivity index is 2.35. The van der Waals surface area contributed by atoms with Gasteiger partial charge in [0.1, 0.15) is 0 Å². The second-order valence-electron chi connectivity index (χ2n) is 5.84. The van der Waals surface area contributed by atoms with Gasteiger partial charge in [0.2, 0.25) is 0 Å². The lowest BCUT2D eigenvalue weighted by Crippen LogP contribution is -2.54. The predicted molar refractivity (Wildman–Crippen MR) is 79.1 cm³/mol. The second-order valence-corrected chi connectivity index (χ2v) is 5.84. The summed E-state index contributed by atoms with van der Waals surface area (Å²) in [4.78, 5) is 2.44. The molecule has 0 heterocycles. The van der Waals surface area contributed by atoms with E-state index in [9.17, 15) is 0 Å². The lowest BCUT2D eigenvalue weighted by atomic mass is 9.87. The summed E-state index contributed by atoms with van der Waals surface area (Å²) in [6.45, 7) is 7.34. The molecule has 1 saturated carbocycles. The van der Waals surface area contributed by atoms with Gasteiger partial charge in [-0.25, -0.2) is 0 Å². The van der Waals surface area contributed by atoms with E-state index in [-0.39, 0.29) is 5.54 Å². The molecule has 2 rings (SSSR count). The Bertz CT molecular complexity index is 397. The van der Waals surface area contributed by atoms with Crippen LogP contribution in [0.2, 0.25) is 0 Å². The van der Waals surface area contributed by atoms with Crippen LogP contribution in [0.3, 0.4) is 0 Å². The SMILES string of the molecule is CCC(CN)(C1CC1)N(C)c1cc(C)cc(C)c1. The van der Waals surface area contributed by atoms with Crippen molar-refractivity contribution < 1.29 is 0 Å². The normalized spacial score (nSPS) is 18.5. The van der Waals surface area contributed by atoms with E-state index >= 15 is 0 Å². The van der Waals surface area contributed by atoms with Crippen LogP contribution in [-0.4, -0.2) is 19.1 Å². The molecule has 1 aliphatic carbocycles. The summed E-state index contributed by atoms with van der Waals surface area (Å²) in [5.41, 5.74) is 10.3. The molecule has 0 aromatic heterocycles. The molecule has 18 heavy (non-hydrogen) atoms. The van der Waals surface area contributed by atoms with Gasteiger partial charge < -0.3 is 10.6 Å². The van der Waals surface area contributed by atoms with Crippen molar-refractivity contribution in [3.63, 3.8) is 0 Å². The minimum absolute atomic E-state index is 0.153. The van der Waals surface area contributed by atoms with Crippen LogP contribution in [0.15, 0.2) is 18.2 Å². The first-order valence-electron chi connectivity index (χ1n) is 7.05. The molecule has 2 nitrogen and oxygen atoms in total. The van der Waals surface area contributed by atoms with Crippen molar-refractivity contribution >= 4 is 5.69 Å². The van der Waals surface area contributed by atoms with Crippen molar-refractivity contribution in [2.45, 2.75) is 45.6 Å². The lowest BCUT2D eigenvalue weighted by molar-refractivity contribution is 0.349. The van der Waals surface area contributed by atoms with Crippen molar-refractivity contribution in [2.75, 3.05) is 18.5 Å². The molecule has 2 N–H and O–H groups in total. The van der Waals surface area contributed by atoms with Gasteiger partial charge in [0.05, 0.1) is 5.54 Å². The molecule has 0 aliphatic heterocycles. The maximum atomic E-state index is 6.13. The van der Waals surface area contributed by atoms with Crippen LogP contribution in [-0.2, 0) is 0 Å². The summed E-state index contributed by atoms with van der Waals surface area (Å²) in [5, 5.41) is 0. The standard InChI is InChI=1S/C16H26N2/c1-5-16(11-17,14-6-7-14)18(4)15-9-12(2)8-13(3)10-15/h8-10,14H,5-7,11,17H2,1-4H3. The third-order valence-corrected chi connectivity index (χ3v) is 4.56. The van der Waals surface area contributed by atoms with Crippen molar-refractivity contribution in [3.8, 4) is 0 Å². The molecule has 1 aromatic carbocycles. The van der Waals surface area contributed by atoms with Crippen molar-refractivity contribution in [1.82, 2.24) is 0 Å². The molecular formula is C16H26N2. The van der Waals surface area contributed by atoms with Crippen molar-refractivity contribution in [2.24, 2.45) is 11.7 Å². The van der Waals surface area contributed by atoms with Gasteiger partial charge in [0.25, 0.3) is 0 Å². The number of hydrogen-bond donors (Lipinski definition) is 1. The molecule has 0 spiro atoms. The molecule has 1 atom stereocenters. The van der Waals surface area contributed by atoms with E-state index in [1.807, 2.05) is 0 Å². The molecule has 1 aromatic rings. The van der Waals surface area contributed by atoms with Gasteiger partial charge in [-0.2, -0.15) is 0 Å². The Morgan fingerprint density at radius 2 is 1.78 bits per heavy atom. The number of anilines is 1. The van der Waals surface area contributed by atoms with E-state index in [0.717, 1.165) is 18.9 Å². The van der Waals surface area contributed by atoms with Crippen LogP contribution in [0.5, 0.6) is 0 Å². The molecule has 0 saturated heterocycles. The zero-order chi connectivity index (χ0) is 13.3. The van der Waals surface area contributed by atoms with Crippen LogP contribution < -0.4 is 10.6 Å². The van der Waals surface area contributed by atoms with Gasteiger partial charge in [-0.05, 0) is 62.3 Å². The first-order chi connectivity index (χ1) is 8.53. The fourth-order valence-corrected chi connectivity index (χ4v) is 3.27. The van der Waals surface area contributed by atoms with Crippen LogP contribution in [0.1, 0.15) is 37.3 Å². The topological polar surface area (TPSA) is 29.3 Å². The molecule has 0 radical (unpaired) electrons. The summed E-state index contributed by atoms with van der Waals surface area (Å²) in [6, 6.07) is 6.77. The summed E-state index contributed by atoms with van der Waals surface area (Å²) in [5.74, 6) is 0.776. The number of rotatable bonds is 5. The van der Waals surface area contributed by atoms with E-state index in [1.54, 1.807) is 0 Å². The number of hydrogen-bond acceptors (Lipinski definition) is 2. The van der Waals surface area contributed by atoms with Gasteiger partial charge in [-0.15, -0.1) is 0 Å². The van der Waals surface area contributed by atoms with Crippen LogP contribution in [0.4, 0.5) is 5.69 Å². The number of nitrogens with two attached hydrogens (primary N) is 1. The van der Waals surface area contributed by atoms with Gasteiger partial charge in [-0.1, -0.05) is 13.0 Å². The zero-order valence-corrected chi connectivity index (χ0v) is 12.2. The number of nitrogens with zero attached hydrogens (tertiary/aromatic N) is 1. The van der Waals surface area contributed by atoms with E-state index < -0.39 is 0 Å². The molecule has 1 fully saturated rings. The first-order valence-corrected chi connectivity index (χ1v) is 7.05. The van der Waals surface area contributed by atoms with Gasteiger partial charge in [-0.3, -0.25) is 0 Å². The Morgan fingerprint density at radius 3 is 2.17 bits per heavy atom. The zero-order valence-electron chi connectivity index (χ0n) is 12.2. The summed E-state index contributed by atoms with van der Waals surface area (Å²) in [6.07, 6.45) is 3.79. The van der Waals surface area contributed by atoms with Crippen LogP contribution in [0, 0.1) is 19.8 Å². The van der Waals surface area contributed by atoms with E-state index in [1.165, 1.54) is 29.7 Å². The van der Waals surface area contributed by atoms with Crippen molar-refractivity contribution in [1.29, 1.82) is 0 Å². The summed E-state index contributed by atoms with van der Waals surface area (Å²) in [7, 11) is 2.21. The monoisotopic (exact) mass is 246 g/mol. The van der Waals surface area contributed by atoms with Gasteiger partial charge in [0, 0.05) is 19.3 Å². The second kappa shape index (κ2) is 4.93. The fraction of sp³-hybridized carbons (Fsp3) is 0.625.